The van der Waals surface area contributed by atoms with Gasteiger partial charge < -0.3 is 10.4 Å². The third-order valence-corrected chi connectivity index (χ3v) is 3.79. The lowest BCUT2D eigenvalue weighted by molar-refractivity contribution is 0.0715. The highest BCUT2D eigenvalue weighted by Gasteiger charge is 2.31. The lowest BCUT2D eigenvalue weighted by Gasteiger charge is -2.35. The van der Waals surface area contributed by atoms with Gasteiger partial charge in [-0.05, 0) is 18.9 Å². The fourth-order valence-electron chi connectivity index (χ4n) is 2.52. The number of aliphatic hydroxyl groups is 1. The van der Waals surface area contributed by atoms with Crippen molar-refractivity contribution in [2.45, 2.75) is 32.1 Å². The topological polar surface area (TPSA) is 95.1 Å². The van der Waals surface area contributed by atoms with Crippen LogP contribution in [0.1, 0.15) is 42.6 Å². The highest BCUT2D eigenvalue weighted by atomic mass is 16.3. The molecule has 1 aromatic rings. The minimum Gasteiger partial charge on any atom is -0.396 e. The molecule has 0 atom stereocenters. The second kappa shape index (κ2) is 5.97. The summed E-state index contributed by atoms with van der Waals surface area (Å²) in [5.74, 6) is -0.324. The molecule has 1 amide bonds. The standard InChI is InChI=1S/C13H19N3O3/c17-9-13(6-2-1-3-7-13)8-14-12(19)10-4-5-11(18)16-15-10/h4-5,17H,1-3,6-9H2,(H,14,19)(H,16,18). The number of aliphatic hydroxyl groups excluding tert-OH is 1. The Balaban J connectivity index is 1.95. The average Bonchev–Trinajstić information content (AvgIpc) is 2.46. The summed E-state index contributed by atoms with van der Waals surface area (Å²) in [5, 5.41) is 18.2. The highest BCUT2D eigenvalue weighted by molar-refractivity contribution is 5.91. The van der Waals surface area contributed by atoms with Crippen LogP contribution in [0.5, 0.6) is 0 Å². The summed E-state index contributed by atoms with van der Waals surface area (Å²) in [5.41, 5.74) is -0.352. The average molecular weight is 265 g/mol. The summed E-state index contributed by atoms with van der Waals surface area (Å²) in [4.78, 5) is 22.7. The molecular formula is C13H19N3O3. The summed E-state index contributed by atoms with van der Waals surface area (Å²) in [6, 6.07) is 2.66. The molecular weight excluding hydrogens is 246 g/mol. The predicted molar refractivity (Wildman–Crippen MR) is 69.8 cm³/mol. The van der Waals surface area contributed by atoms with E-state index in [0.717, 1.165) is 25.7 Å². The van der Waals surface area contributed by atoms with Crippen LogP contribution in [-0.2, 0) is 0 Å². The number of hydrogen-bond donors (Lipinski definition) is 3. The van der Waals surface area contributed by atoms with Gasteiger partial charge in [0.05, 0.1) is 6.61 Å². The summed E-state index contributed by atoms with van der Waals surface area (Å²) < 4.78 is 0. The van der Waals surface area contributed by atoms with Crippen molar-refractivity contribution in [2.75, 3.05) is 13.2 Å². The van der Waals surface area contributed by atoms with E-state index in [2.05, 4.69) is 15.5 Å². The van der Waals surface area contributed by atoms with Gasteiger partial charge in [0.1, 0.15) is 5.69 Å². The Morgan fingerprint density at radius 3 is 2.68 bits per heavy atom. The number of aromatic amines is 1. The number of amides is 1. The maximum Gasteiger partial charge on any atom is 0.271 e. The van der Waals surface area contributed by atoms with Gasteiger partial charge in [-0.15, -0.1) is 0 Å². The lowest BCUT2D eigenvalue weighted by atomic mass is 9.74. The van der Waals surface area contributed by atoms with Crippen molar-refractivity contribution in [2.24, 2.45) is 5.41 Å². The van der Waals surface area contributed by atoms with Crippen LogP contribution in [-0.4, -0.2) is 34.4 Å². The number of carbonyl (C=O) groups is 1. The van der Waals surface area contributed by atoms with Crippen LogP contribution in [0.4, 0.5) is 0 Å². The van der Waals surface area contributed by atoms with Crippen LogP contribution in [0.3, 0.4) is 0 Å². The van der Waals surface area contributed by atoms with Crippen molar-refractivity contribution in [3.8, 4) is 0 Å². The zero-order valence-corrected chi connectivity index (χ0v) is 10.8. The van der Waals surface area contributed by atoms with Gasteiger partial charge in [-0.25, -0.2) is 5.10 Å². The number of aromatic nitrogens is 2. The molecule has 0 aliphatic heterocycles. The van der Waals surface area contributed by atoms with Gasteiger partial charge in [0.2, 0.25) is 0 Å². The summed E-state index contributed by atoms with van der Waals surface area (Å²) in [6.07, 6.45) is 5.24. The first-order chi connectivity index (χ1) is 9.15. The molecule has 0 radical (unpaired) electrons. The molecule has 19 heavy (non-hydrogen) atoms. The zero-order valence-electron chi connectivity index (χ0n) is 10.8. The summed E-state index contributed by atoms with van der Waals surface area (Å²) in [6.45, 7) is 0.537. The second-order valence-corrected chi connectivity index (χ2v) is 5.21. The number of nitrogens with one attached hydrogen (secondary N) is 2. The van der Waals surface area contributed by atoms with Gasteiger partial charge in [0, 0.05) is 18.0 Å². The molecule has 0 bridgehead atoms. The van der Waals surface area contributed by atoms with Crippen molar-refractivity contribution >= 4 is 5.91 Å². The van der Waals surface area contributed by atoms with Crippen LogP contribution in [0.2, 0.25) is 0 Å². The Labute approximate surface area is 111 Å². The SMILES string of the molecule is O=C(NCC1(CO)CCCCC1)c1ccc(=O)[nH]n1. The number of nitrogens with zero attached hydrogens (tertiary/aromatic N) is 1. The van der Waals surface area contributed by atoms with E-state index in [1.54, 1.807) is 0 Å². The maximum atomic E-state index is 11.9. The van der Waals surface area contributed by atoms with Crippen LogP contribution in [0.15, 0.2) is 16.9 Å². The molecule has 2 rings (SSSR count). The maximum absolute atomic E-state index is 11.9. The van der Waals surface area contributed by atoms with Crippen LogP contribution >= 0.6 is 0 Å². The van der Waals surface area contributed by atoms with Crippen molar-refractivity contribution in [1.29, 1.82) is 0 Å². The number of rotatable bonds is 4. The summed E-state index contributed by atoms with van der Waals surface area (Å²) >= 11 is 0. The van der Waals surface area contributed by atoms with E-state index in [0.29, 0.717) is 6.54 Å². The van der Waals surface area contributed by atoms with E-state index in [1.807, 2.05) is 0 Å². The first-order valence-corrected chi connectivity index (χ1v) is 6.60. The third kappa shape index (κ3) is 3.41. The molecule has 104 valence electrons. The second-order valence-electron chi connectivity index (χ2n) is 5.21. The fourth-order valence-corrected chi connectivity index (χ4v) is 2.52. The van der Waals surface area contributed by atoms with Gasteiger partial charge in [-0.3, -0.25) is 9.59 Å². The molecule has 0 aromatic carbocycles. The number of H-pyrrole nitrogens is 1. The molecule has 1 fully saturated rings. The highest BCUT2D eigenvalue weighted by Crippen LogP contribution is 2.35. The quantitative estimate of drug-likeness (QED) is 0.736. The van der Waals surface area contributed by atoms with E-state index < -0.39 is 0 Å². The summed E-state index contributed by atoms with van der Waals surface area (Å²) in [7, 11) is 0. The predicted octanol–water partition coefficient (Wildman–Crippen LogP) is 0.442. The van der Waals surface area contributed by atoms with Crippen molar-refractivity contribution < 1.29 is 9.90 Å². The van der Waals surface area contributed by atoms with E-state index in [1.165, 1.54) is 18.6 Å². The Morgan fingerprint density at radius 2 is 2.11 bits per heavy atom. The first kappa shape index (κ1) is 13.7. The molecule has 3 N–H and O–H groups in total. The van der Waals surface area contributed by atoms with Gasteiger partial charge in [-0.1, -0.05) is 19.3 Å². The Kier molecular flexibility index (Phi) is 4.31. The Bertz CT molecular complexity index is 472. The molecule has 6 nitrogen and oxygen atoms in total. The Morgan fingerprint density at radius 1 is 1.37 bits per heavy atom. The Hall–Kier alpha value is -1.69. The van der Waals surface area contributed by atoms with Crippen LogP contribution < -0.4 is 10.9 Å². The molecule has 1 saturated carbocycles. The molecule has 0 spiro atoms. The smallest absolute Gasteiger partial charge is 0.271 e. The molecule has 1 aromatic heterocycles. The van der Waals surface area contributed by atoms with Gasteiger partial charge in [-0.2, -0.15) is 5.10 Å². The van der Waals surface area contributed by atoms with Crippen molar-refractivity contribution in [3.63, 3.8) is 0 Å². The van der Waals surface area contributed by atoms with Crippen LogP contribution in [0, 0.1) is 5.41 Å². The number of carbonyl (C=O) groups excluding carboxylic acids is 1. The minimum atomic E-state index is -0.337. The van der Waals surface area contributed by atoms with E-state index in [9.17, 15) is 14.7 Å². The molecule has 1 aliphatic rings. The van der Waals surface area contributed by atoms with Gasteiger partial charge in [0.25, 0.3) is 11.5 Å². The number of hydrogen-bond acceptors (Lipinski definition) is 4. The van der Waals surface area contributed by atoms with Crippen molar-refractivity contribution in [3.05, 3.63) is 28.2 Å². The minimum absolute atomic E-state index is 0.0896. The molecule has 0 saturated heterocycles. The van der Waals surface area contributed by atoms with E-state index in [-0.39, 0.29) is 29.2 Å². The van der Waals surface area contributed by atoms with Crippen LogP contribution in [0.25, 0.3) is 0 Å². The first-order valence-electron chi connectivity index (χ1n) is 6.60. The molecule has 0 unspecified atom stereocenters. The lowest BCUT2D eigenvalue weighted by Crippen LogP contribution is -2.41. The van der Waals surface area contributed by atoms with Gasteiger partial charge in [0.15, 0.2) is 0 Å². The monoisotopic (exact) mass is 265 g/mol. The third-order valence-electron chi connectivity index (χ3n) is 3.79. The fraction of sp³-hybridized carbons (Fsp3) is 0.615. The van der Waals surface area contributed by atoms with Crippen molar-refractivity contribution in [1.82, 2.24) is 15.5 Å². The normalized spacial score (nSPS) is 17.9. The van der Waals surface area contributed by atoms with E-state index in [4.69, 9.17) is 0 Å². The molecule has 1 heterocycles. The zero-order chi connectivity index (χ0) is 13.7. The largest absolute Gasteiger partial charge is 0.396 e. The van der Waals surface area contributed by atoms with Gasteiger partial charge >= 0.3 is 0 Å². The van der Waals surface area contributed by atoms with E-state index >= 15 is 0 Å². The molecule has 1 aliphatic carbocycles. The molecule has 6 heteroatoms.